The number of sulfonamides is 1. The van der Waals surface area contributed by atoms with Gasteiger partial charge < -0.3 is 5.73 Å². The number of nitrogens with two attached hydrogens (primary N) is 1. The lowest BCUT2D eigenvalue weighted by Gasteiger charge is -2.08. The van der Waals surface area contributed by atoms with Crippen LogP contribution in [0.3, 0.4) is 0 Å². The van der Waals surface area contributed by atoms with E-state index in [4.69, 9.17) is 5.73 Å². The maximum Gasteiger partial charge on any atom is 0.240 e. The molecule has 4 nitrogen and oxygen atoms in total. The van der Waals surface area contributed by atoms with Gasteiger partial charge in [0, 0.05) is 13.1 Å². The van der Waals surface area contributed by atoms with E-state index in [0.29, 0.717) is 18.0 Å². The average molecular weight is 242 g/mol. The van der Waals surface area contributed by atoms with Gasteiger partial charge >= 0.3 is 0 Å². The van der Waals surface area contributed by atoms with Crippen LogP contribution in [0.1, 0.15) is 24.5 Å². The minimum absolute atomic E-state index is 0.302. The number of nitrogens with one attached hydrogen (secondary N) is 1. The molecule has 5 heteroatoms. The van der Waals surface area contributed by atoms with Gasteiger partial charge in [0.1, 0.15) is 0 Å². The van der Waals surface area contributed by atoms with Crippen LogP contribution in [0.25, 0.3) is 0 Å². The van der Waals surface area contributed by atoms with Crippen LogP contribution in [0.2, 0.25) is 0 Å². The summed E-state index contributed by atoms with van der Waals surface area (Å²) in [6.45, 7) is 4.67. The first-order valence-electron chi connectivity index (χ1n) is 5.30. The zero-order chi connectivity index (χ0) is 12.2. The van der Waals surface area contributed by atoms with Crippen LogP contribution in [-0.4, -0.2) is 15.0 Å². The molecule has 0 aromatic heterocycles. The molecule has 0 aliphatic rings. The zero-order valence-electron chi connectivity index (χ0n) is 9.66. The van der Waals surface area contributed by atoms with E-state index in [1.807, 2.05) is 13.8 Å². The van der Waals surface area contributed by atoms with Crippen LogP contribution in [0, 0.1) is 6.92 Å². The second kappa shape index (κ2) is 5.43. The van der Waals surface area contributed by atoms with Crippen molar-refractivity contribution in [1.82, 2.24) is 4.72 Å². The molecule has 0 spiro atoms. The normalized spacial score (nSPS) is 11.7. The molecule has 0 saturated carbocycles. The van der Waals surface area contributed by atoms with Crippen molar-refractivity contribution >= 4 is 10.0 Å². The summed E-state index contributed by atoms with van der Waals surface area (Å²) < 4.78 is 26.1. The summed E-state index contributed by atoms with van der Waals surface area (Å²) in [7, 11) is -3.36. The van der Waals surface area contributed by atoms with Gasteiger partial charge in [0.15, 0.2) is 0 Å². The summed E-state index contributed by atoms with van der Waals surface area (Å²) in [6.07, 6.45) is 0.777. The lowest BCUT2D eigenvalue weighted by atomic mass is 10.1. The molecule has 90 valence electrons. The topological polar surface area (TPSA) is 72.2 Å². The van der Waals surface area contributed by atoms with E-state index < -0.39 is 10.0 Å². The number of aryl methyl sites for hydroxylation is 1. The molecule has 0 fully saturated rings. The van der Waals surface area contributed by atoms with Crippen LogP contribution >= 0.6 is 0 Å². The van der Waals surface area contributed by atoms with E-state index in [9.17, 15) is 8.42 Å². The van der Waals surface area contributed by atoms with Crippen LogP contribution in [0.5, 0.6) is 0 Å². The maximum absolute atomic E-state index is 11.8. The molecule has 1 aromatic rings. The fraction of sp³-hybridized carbons (Fsp3) is 0.455. The van der Waals surface area contributed by atoms with Gasteiger partial charge in [0.25, 0.3) is 0 Å². The van der Waals surface area contributed by atoms with Crippen LogP contribution in [0.4, 0.5) is 0 Å². The van der Waals surface area contributed by atoms with Crippen LogP contribution in [0.15, 0.2) is 23.1 Å². The van der Waals surface area contributed by atoms with Crippen molar-refractivity contribution in [1.29, 1.82) is 0 Å². The van der Waals surface area contributed by atoms with Crippen LogP contribution in [-0.2, 0) is 16.6 Å². The second-order valence-corrected chi connectivity index (χ2v) is 5.46. The molecule has 1 rings (SSSR count). The number of hydrogen-bond acceptors (Lipinski definition) is 3. The maximum atomic E-state index is 11.8. The summed E-state index contributed by atoms with van der Waals surface area (Å²) in [5.41, 5.74) is 7.40. The quantitative estimate of drug-likeness (QED) is 0.813. The molecule has 0 unspecified atom stereocenters. The van der Waals surface area contributed by atoms with E-state index in [0.717, 1.165) is 17.5 Å². The molecule has 0 atom stereocenters. The van der Waals surface area contributed by atoms with Crippen molar-refractivity contribution in [2.24, 2.45) is 5.73 Å². The van der Waals surface area contributed by atoms with Gasteiger partial charge in [-0.3, -0.25) is 0 Å². The van der Waals surface area contributed by atoms with Crippen molar-refractivity contribution in [3.8, 4) is 0 Å². The molecule has 3 N–H and O–H groups in total. The molecule has 16 heavy (non-hydrogen) atoms. The van der Waals surface area contributed by atoms with Gasteiger partial charge in [-0.25, -0.2) is 13.1 Å². The molecule has 1 aromatic carbocycles. The number of rotatable bonds is 5. The van der Waals surface area contributed by atoms with Gasteiger partial charge in [-0.1, -0.05) is 13.0 Å². The summed E-state index contributed by atoms with van der Waals surface area (Å²) in [5.74, 6) is 0. The Morgan fingerprint density at radius 3 is 2.56 bits per heavy atom. The molecule has 0 amide bonds. The van der Waals surface area contributed by atoms with Crippen LogP contribution < -0.4 is 10.5 Å². The Balaban J connectivity index is 3.01. The predicted octanol–water partition coefficient (Wildman–Crippen LogP) is 1.14. The minimum Gasteiger partial charge on any atom is -0.326 e. The Bertz CT molecular complexity index is 455. The summed E-state index contributed by atoms with van der Waals surface area (Å²) in [4.78, 5) is 0.302. The van der Waals surface area contributed by atoms with E-state index >= 15 is 0 Å². The molecule has 0 aliphatic carbocycles. The third-order valence-electron chi connectivity index (χ3n) is 2.39. The number of benzene rings is 1. The molecule has 0 saturated heterocycles. The molecule has 0 aliphatic heterocycles. The molecule has 0 radical (unpaired) electrons. The second-order valence-electron chi connectivity index (χ2n) is 3.69. The van der Waals surface area contributed by atoms with Crippen molar-refractivity contribution in [3.05, 3.63) is 29.3 Å². The Hall–Kier alpha value is -0.910. The van der Waals surface area contributed by atoms with Crippen molar-refractivity contribution in [3.63, 3.8) is 0 Å². The molecule has 0 bridgehead atoms. The van der Waals surface area contributed by atoms with Gasteiger partial charge in [0.05, 0.1) is 4.90 Å². The Labute approximate surface area is 96.9 Å². The van der Waals surface area contributed by atoms with Gasteiger partial charge in [-0.2, -0.15) is 0 Å². The lowest BCUT2D eigenvalue weighted by Crippen LogP contribution is -2.24. The van der Waals surface area contributed by atoms with E-state index in [-0.39, 0.29) is 0 Å². The highest BCUT2D eigenvalue weighted by Crippen LogP contribution is 2.14. The molecular weight excluding hydrogens is 224 g/mol. The van der Waals surface area contributed by atoms with Crippen molar-refractivity contribution in [2.45, 2.75) is 31.7 Å². The predicted molar refractivity (Wildman–Crippen MR) is 64.5 cm³/mol. The van der Waals surface area contributed by atoms with Crippen molar-refractivity contribution < 1.29 is 8.42 Å². The highest BCUT2D eigenvalue weighted by molar-refractivity contribution is 7.89. The molecular formula is C11H18N2O2S. The van der Waals surface area contributed by atoms with Gasteiger partial charge in [-0.15, -0.1) is 0 Å². The lowest BCUT2D eigenvalue weighted by molar-refractivity contribution is 0.580. The first-order valence-corrected chi connectivity index (χ1v) is 6.79. The fourth-order valence-electron chi connectivity index (χ4n) is 1.38. The Morgan fingerprint density at radius 1 is 1.38 bits per heavy atom. The summed E-state index contributed by atoms with van der Waals surface area (Å²) >= 11 is 0. The Kier molecular flexibility index (Phi) is 4.46. The largest absolute Gasteiger partial charge is 0.326 e. The summed E-state index contributed by atoms with van der Waals surface area (Å²) in [5, 5.41) is 0. The zero-order valence-corrected chi connectivity index (χ0v) is 10.5. The van der Waals surface area contributed by atoms with Crippen molar-refractivity contribution in [2.75, 3.05) is 6.54 Å². The monoisotopic (exact) mass is 242 g/mol. The van der Waals surface area contributed by atoms with Gasteiger partial charge in [-0.05, 0) is 36.6 Å². The first kappa shape index (κ1) is 13.2. The minimum atomic E-state index is -3.36. The van der Waals surface area contributed by atoms with E-state index in [1.165, 1.54) is 0 Å². The first-order chi connectivity index (χ1) is 7.51. The summed E-state index contributed by atoms with van der Waals surface area (Å²) in [6, 6.07) is 5.00. The fourth-order valence-corrected chi connectivity index (χ4v) is 2.60. The van der Waals surface area contributed by atoms with E-state index in [2.05, 4.69) is 4.72 Å². The smallest absolute Gasteiger partial charge is 0.240 e. The highest BCUT2D eigenvalue weighted by atomic mass is 32.2. The third kappa shape index (κ3) is 3.04. The number of hydrogen-bond donors (Lipinski definition) is 2. The highest BCUT2D eigenvalue weighted by Gasteiger charge is 2.13. The SMILES string of the molecule is CCCNS(=O)(=O)c1ccc(CN)c(C)c1. The Morgan fingerprint density at radius 2 is 2.06 bits per heavy atom. The molecule has 0 heterocycles. The third-order valence-corrected chi connectivity index (χ3v) is 3.85. The average Bonchev–Trinajstić information content (AvgIpc) is 2.26. The van der Waals surface area contributed by atoms with E-state index in [1.54, 1.807) is 18.2 Å². The van der Waals surface area contributed by atoms with Gasteiger partial charge in [0.2, 0.25) is 10.0 Å². The standard InChI is InChI=1S/C11H18N2O2S/c1-3-6-13-16(14,15)11-5-4-10(8-12)9(2)7-11/h4-5,7,13H,3,6,8,12H2,1-2H3.